The first-order valence-corrected chi connectivity index (χ1v) is 8.61. The van der Waals surface area contributed by atoms with Crippen LogP contribution in [0, 0.1) is 0 Å². The normalized spacial score (nSPS) is 25.0. The van der Waals surface area contributed by atoms with Gasteiger partial charge in [0.1, 0.15) is 0 Å². The Kier molecular flexibility index (Phi) is 4.29. The molecule has 126 valence electrons. The molecule has 0 saturated heterocycles. The van der Waals surface area contributed by atoms with Gasteiger partial charge < -0.3 is 4.90 Å². The zero-order chi connectivity index (χ0) is 18.2. The van der Waals surface area contributed by atoms with Crippen molar-refractivity contribution in [2.24, 2.45) is 0 Å². The van der Waals surface area contributed by atoms with E-state index in [0.717, 1.165) is 16.8 Å². The molecule has 0 aromatic heterocycles. The SMILES string of the molecule is C=C1/C=C\C=C=CN(C)C(=C)/C1=C1\C(=C/C)C(C)(C)c2ccccc21. The van der Waals surface area contributed by atoms with Gasteiger partial charge in [0.15, 0.2) is 0 Å². The molecule has 3 rings (SSSR count). The predicted molar refractivity (Wildman–Crippen MR) is 108 cm³/mol. The molecule has 1 nitrogen and oxygen atoms in total. The van der Waals surface area contributed by atoms with Crippen molar-refractivity contribution in [1.29, 1.82) is 0 Å². The highest BCUT2D eigenvalue weighted by Crippen LogP contribution is 2.52. The second-order valence-electron chi connectivity index (χ2n) is 7.03. The van der Waals surface area contributed by atoms with Crippen molar-refractivity contribution in [2.75, 3.05) is 7.05 Å². The Morgan fingerprint density at radius 1 is 1.12 bits per heavy atom. The van der Waals surface area contributed by atoms with Gasteiger partial charge in [-0.25, -0.2) is 0 Å². The highest BCUT2D eigenvalue weighted by Gasteiger charge is 2.39. The van der Waals surface area contributed by atoms with E-state index >= 15 is 0 Å². The lowest BCUT2D eigenvalue weighted by Gasteiger charge is -2.25. The van der Waals surface area contributed by atoms with Crippen molar-refractivity contribution < 1.29 is 0 Å². The summed E-state index contributed by atoms with van der Waals surface area (Å²) in [6.45, 7) is 15.4. The maximum absolute atomic E-state index is 4.37. The Labute approximate surface area is 151 Å². The van der Waals surface area contributed by atoms with Crippen molar-refractivity contribution in [3.05, 3.63) is 107 Å². The summed E-state index contributed by atoms with van der Waals surface area (Å²) in [5, 5.41) is 0. The summed E-state index contributed by atoms with van der Waals surface area (Å²) in [4.78, 5) is 2.01. The summed E-state index contributed by atoms with van der Waals surface area (Å²) in [6, 6.07) is 8.66. The number of likely N-dealkylation sites (N-methyl/N-ethyl adjacent to an activating group) is 1. The van der Waals surface area contributed by atoms with Crippen molar-refractivity contribution in [1.82, 2.24) is 4.90 Å². The molecule has 25 heavy (non-hydrogen) atoms. The summed E-state index contributed by atoms with van der Waals surface area (Å²) >= 11 is 0. The van der Waals surface area contributed by atoms with Crippen LogP contribution < -0.4 is 0 Å². The van der Waals surface area contributed by atoms with Gasteiger partial charge in [-0.05, 0) is 40.8 Å². The van der Waals surface area contributed by atoms with Crippen LogP contribution in [0.3, 0.4) is 0 Å². The van der Waals surface area contributed by atoms with E-state index in [0.29, 0.717) is 0 Å². The zero-order valence-electron chi connectivity index (χ0n) is 15.6. The largest absolute Gasteiger partial charge is 0.344 e. The molecule has 0 amide bonds. The Hall–Kier alpha value is -2.76. The Balaban J connectivity index is 2.39. The molecule has 0 radical (unpaired) electrons. The fraction of sp³-hybridized carbons (Fsp3) is 0.208. The van der Waals surface area contributed by atoms with Gasteiger partial charge in [-0.3, -0.25) is 0 Å². The molecule has 0 spiro atoms. The second kappa shape index (κ2) is 6.27. The molecule has 1 aromatic carbocycles. The number of hydrogen-bond acceptors (Lipinski definition) is 1. The molecule has 1 aromatic rings. The van der Waals surface area contributed by atoms with E-state index in [-0.39, 0.29) is 5.41 Å². The first-order valence-electron chi connectivity index (χ1n) is 8.61. The smallest absolute Gasteiger partial charge is 0.0465 e. The van der Waals surface area contributed by atoms with Crippen molar-refractivity contribution >= 4 is 5.57 Å². The summed E-state index contributed by atoms with van der Waals surface area (Å²) < 4.78 is 0. The monoisotopic (exact) mass is 327 g/mol. The molecule has 0 N–H and O–H groups in total. The fourth-order valence-corrected chi connectivity index (χ4v) is 3.83. The van der Waals surface area contributed by atoms with Crippen LogP contribution in [0.15, 0.2) is 96.1 Å². The van der Waals surface area contributed by atoms with Gasteiger partial charge >= 0.3 is 0 Å². The van der Waals surface area contributed by atoms with Crippen LogP contribution in [0.4, 0.5) is 0 Å². The number of rotatable bonds is 0. The lowest BCUT2D eigenvalue weighted by molar-refractivity contribution is 0.585. The maximum Gasteiger partial charge on any atom is 0.0465 e. The summed E-state index contributed by atoms with van der Waals surface area (Å²) in [6.07, 6.45) is 10.0. The minimum Gasteiger partial charge on any atom is -0.344 e. The molecule has 0 atom stereocenters. The highest BCUT2D eigenvalue weighted by molar-refractivity contribution is 5.95. The standard InChI is InChI=1S/C24H25N/c1-7-20-23(19-14-10-11-15-21(19)24(20,4)5)22-17(2)13-9-8-12-16-25(6)18(22)3/h7-11,13-16H,2-3H2,1,4-6H3/b13-9-,20-7+,23-22-. The van der Waals surface area contributed by atoms with Crippen LogP contribution in [-0.2, 0) is 5.41 Å². The molecule has 1 heterocycles. The molecular weight excluding hydrogens is 302 g/mol. The number of fused-ring (bicyclic) bond motifs is 1. The van der Waals surface area contributed by atoms with E-state index < -0.39 is 0 Å². The molecule has 0 saturated carbocycles. The van der Waals surface area contributed by atoms with Gasteiger partial charge in [-0.2, -0.15) is 0 Å². The van der Waals surface area contributed by atoms with Gasteiger partial charge in [-0.1, -0.05) is 69.5 Å². The quantitative estimate of drug-likeness (QED) is 0.535. The van der Waals surface area contributed by atoms with E-state index in [1.165, 1.54) is 22.3 Å². The van der Waals surface area contributed by atoms with Gasteiger partial charge in [0.2, 0.25) is 0 Å². The van der Waals surface area contributed by atoms with Crippen molar-refractivity contribution in [2.45, 2.75) is 26.2 Å². The summed E-state index contributed by atoms with van der Waals surface area (Å²) in [5.74, 6) is 0. The number of benzene rings is 1. The molecule has 1 aliphatic carbocycles. The number of allylic oxidation sites excluding steroid dienone is 7. The third-order valence-corrected chi connectivity index (χ3v) is 5.14. The lowest BCUT2D eigenvalue weighted by Crippen LogP contribution is -2.16. The summed E-state index contributed by atoms with van der Waals surface area (Å²) in [5.41, 5.74) is 11.3. The topological polar surface area (TPSA) is 3.24 Å². The first-order chi connectivity index (χ1) is 11.9. The van der Waals surface area contributed by atoms with Gasteiger partial charge in [-0.15, -0.1) is 5.73 Å². The molecule has 1 heteroatoms. The van der Waals surface area contributed by atoms with Crippen LogP contribution in [0.2, 0.25) is 0 Å². The van der Waals surface area contributed by atoms with Gasteiger partial charge in [0, 0.05) is 29.9 Å². The molecule has 0 bridgehead atoms. The second-order valence-corrected chi connectivity index (χ2v) is 7.03. The third kappa shape index (κ3) is 2.67. The van der Waals surface area contributed by atoms with Crippen molar-refractivity contribution in [3.63, 3.8) is 0 Å². The van der Waals surface area contributed by atoms with E-state index in [2.05, 4.69) is 70.0 Å². The Morgan fingerprint density at radius 3 is 2.56 bits per heavy atom. The summed E-state index contributed by atoms with van der Waals surface area (Å²) in [7, 11) is 2.00. The minimum atomic E-state index is -0.0386. The highest BCUT2D eigenvalue weighted by atomic mass is 15.1. The molecule has 1 aliphatic heterocycles. The predicted octanol–water partition coefficient (Wildman–Crippen LogP) is 5.92. The molecule has 2 aliphatic rings. The fourth-order valence-electron chi connectivity index (χ4n) is 3.83. The number of hydrogen-bond donors (Lipinski definition) is 0. The van der Waals surface area contributed by atoms with E-state index in [1.54, 1.807) is 0 Å². The van der Waals surface area contributed by atoms with Gasteiger partial charge in [0.25, 0.3) is 0 Å². The van der Waals surface area contributed by atoms with Crippen LogP contribution >= 0.6 is 0 Å². The molecular formula is C24H25N. The maximum atomic E-state index is 4.37. The average molecular weight is 327 g/mol. The first kappa shape index (κ1) is 17.1. The Bertz CT molecular complexity index is 909. The van der Waals surface area contributed by atoms with Crippen LogP contribution in [0.25, 0.3) is 5.57 Å². The van der Waals surface area contributed by atoms with Gasteiger partial charge in [0.05, 0.1) is 0 Å². The van der Waals surface area contributed by atoms with E-state index in [1.807, 2.05) is 36.4 Å². The third-order valence-electron chi connectivity index (χ3n) is 5.14. The average Bonchev–Trinajstić information content (AvgIpc) is 2.84. The molecule has 0 fully saturated rings. The molecule has 0 unspecified atom stereocenters. The van der Waals surface area contributed by atoms with Crippen LogP contribution in [0.1, 0.15) is 31.9 Å². The van der Waals surface area contributed by atoms with Crippen LogP contribution in [-0.4, -0.2) is 11.9 Å². The Morgan fingerprint density at radius 2 is 1.84 bits per heavy atom. The van der Waals surface area contributed by atoms with E-state index in [4.69, 9.17) is 0 Å². The van der Waals surface area contributed by atoms with E-state index in [9.17, 15) is 0 Å². The lowest BCUT2D eigenvalue weighted by atomic mass is 9.81. The minimum absolute atomic E-state index is 0.0386. The van der Waals surface area contributed by atoms with Crippen molar-refractivity contribution in [3.8, 4) is 0 Å². The zero-order valence-corrected chi connectivity index (χ0v) is 15.6. The number of nitrogens with zero attached hydrogens (tertiary/aromatic N) is 1. The van der Waals surface area contributed by atoms with Crippen LogP contribution in [0.5, 0.6) is 0 Å².